The van der Waals surface area contributed by atoms with Crippen molar-refractivity contribution in [1.82, 2.24) is 0 Å². The van der Waals surface area contributed by atoms with Crippen molar-refractivity contribution in [3.63, 3.8) is 0 Å². The summed E-state index contributed by atoms with van der Waals surface area (Å²) in [5.74, 6) is 0.686. The van der Waals surface area contributed by atoms with Crippen LogP contribution in [0.15, 0.2) is 47.2 Å². The summed E-state index contributed by atoms with van der Waals surface area (Å²) in [4.78, 5) is 0. The lowest BCUT2D eigenvalue weighted by molar-refractivity contribution is 0.531. The van der Waals surface area contributed by atoms with Crippen LogP contribution in [-0.4, -0.2) is 0 Å². The summed E-state index contributed by atoms with van der Waals surface area (Å²) < 4.78 is 0. The topological polar surface area (TPSA) is 12.0 Å². The van der Waals surface area contributed by atoms with E-state index in [9.17, 15) is 0 Å². The monoisotopic (exact) mass is 245 g/mol. The van der Waals surface area contributed by atoms with Gasteiger partial charge in [-0.1, -0.05) is 44.2 Å². The van der Waals surface area contributed by atoms with Crippen molar-refractivity contribution >= 4 is 17.0 Å². The average molecular weight is 245 g/mol. The van der Waals surface area contributed by atoms with Crippen molar-refractivity contribution < 1.29 is 0 Å². The fraction of sp³-hybridized carbons (Fsp3) is 0.333. The van der Waals surface area contributed by atoms with Crippen molar-refractivity contribution in [3.8, 4) is 0 Å². The Hall–Kier alpha value is -1.28. The molecule has 2 rings (SSSR count). The smallest absolute Gasteiger partial charge is 0.0516 e. The van der Waals surface area contributed by atoms with Gasteiger partial charge in [-0.05, 0) is 29.3 Å². The van der Waals surface area contributed by atoms with Gasteiger partial charge in [-0.25, -0.2) is 0 Å². The lowest BCUT2D eigenvalue weighted by atomic mass is 9.97. The summed E-state index contributed by atoms with van der Waals surface area (Å²) in [7, 11) is 0. The minimum Gasteiger partial charge on any atom is -0.378 e. The zero-order chi connectivity index (χ0) is 12.1. The second-order valence-corrected chi connectivity index (χ2v) is 5.53. The highest BCUT2D eigenvalue weighted by Crippen LogP contribution is 2.26. The summed E-state index contributed by atoms with van der Waals surface area (Å²) >= 11 is 1.73. The molecule has 1 N–H and O–H groups in total. The highest BCUT2D eigenvalue weighted by molar-refractivity contribution is 7.08. The fourth-order valence-corrected chi connectivity index (χ4v) is 2.58. The molecule has 0 fully saturated rings. The van der Waals surface area contributed by atoms with Gasteiger partial charge in [0.2, 0.25) is 0 Å². The minimum atomic E-state index is 0.408. The van der Waals surface area contributed by atoms with Gasteiger partial charge in [-0.15, -0.1) is 0 Å². The first kappa shape index (κ1) is 12.2. The van der Waals surface area contributed by atoms with Crippen molar-refractivity contribution in [2.45, 2.75) is 26.3 Å². The van der Waals surface area contributed by atoms with Crippen LogP contribution >= 0.6 is 11.3 Å². The molecule has 0 aliphatic carbocycles. The normalized spacial score (nSPS) is 12.6. The second-order valence-electron chi connectivity index (χ2n) is 4.75. The van der Waals surface area contributed by atoms with Gasteiger partial charge < -0.3 is 5.32 Å². The SMILES string of the molecule is CC(C)CC(Nc1ccsc1)c1ccccc1. The maximum absolute atomic E-state index is 3.62. The minimum absolute atomic E-state index is 0.408. The van der Waals surface area contributed by atoms with Crippen LogP contribution in [0.25, 0.3) is 0 Å². The van der Waals surface area contributed by atoms with Gasteiger partial charge in [0.1, 0.15) is 0 Å². The van der Waals surface area contributed by atoms with Crippen molar-refractivity contribution in [2.24, 2.45) is 5.92 Å². The molecule has 0 saturated carbocycles. The molecule has 1 aromatic heterocycles. The fourth-order valence-electron chi connectivity index (χ4n) is 1.98. The molecule has 0 bridgehead atoms. The van der Waals surface area contributed by atoms with E-state index < -0.39 is 0 Å². The molecule has 1 aromatic carbocycles. The number of rotatable bonds is 5. The maximum atomic E-state index is 3.62. The Morgan fingerprint density at radius 1 is 1.12 bits per heavy atom. The molecule has 2 aromatic rings. The summed E-state index contributed by atoms with van der Waals surface area (Å²) in [6.07, 6.45) is 1.15. The lowest BCUT2D eigenvalue weighted by Gasteiger charge is -2.21. The van der Waals surface area contributed by atoms with E-state index in [1.807, 2.05) is 0 Å². The van der Waals surface area contributed by atoms with Crippen LogP contribution in [0.4, 0.5) is 5.69 Å². The molecular formula is C15H19NS. The Labute approximate surface area is 108 Å². The summed E-state index contributed by atoms with van der Waals surface area (Å²) in [6, 6.07) is 13.2. The van der Waals surface area contributed by atoms with E-state index in [-0.39, 0.29) is 0 Å². The predicted molar refractivity (Wildman–Crippen MR) is 76.6 cm³/mol. The first-order valence-corrected chi connectivity index (χ1v) is 7.03. The van der Waals surface area contributed by atoms with E-state index in [1.54, 1.807) is 11.3 Å². The molecule has 1 atom stereocenters. The number of hydrogen-bond acceptors (Lipinski definition) is 2. The first-order chi connectivity index (χ1) is 8.25. The Bertz CT molecular complexity index is 419. The molecule has 1 nitrogen and oxygen atoms in total. The van der Waals surface area contributed by atoms with Crippen molar-refractivity contribution in [2.75, 3.05) is 5.32 Å². The van der Waals surface area contributed by atoms with E-state index >= 15 is 0 Å². The third-order valence-corrected chi connectivity index (χ3v) is 3.45. The third kappa shape index (κ3) is 3.60. The summed E-state index contributed by atoms with van der Waals surface area (Å²) in [5.41, 5.74) is 2.59. The van der Waals surface area contributed by atoms with Gasteiger partial charge in [0, 0.05) is 11.1 Å². The van der Waals surface area contributed by atoms with Crippen LogP contribution in [0.2, 0.25) is 0 Å². The quantitative estimate of drug-likeness (QED) is 0.786. The van der Waals surface area contributed by atoms with E-state index in [1.165, 1.54) is 11.3 Å². The Balaban J connectivity index is 2.14. The molecule has 0 saturated heterocycles. The Morgan fingerprint density at radius 2 is 1.88 bits per heavy atom. The average Bonchev–Trinajstić information content (AvgIpc) is 2.82. The Morgan fingerprint density at radius 3 is 2.47 bits per heavy atom. The largest absolute Gasteiger partial charge is 0.378 e. The van der Waals surface area contributed by atoms with Crippen LogP contribution < -0.4 is 5.32 Å². The van der Waals surface area contributed by atoms with E-state index in [0.717, 1.165) is 6.42 Å². The molecular weight excluding hydrogens is 226 g/mol. The van der Waals surface area contributed by atoms with Crippen LogP contribution in [0, 0.1) is 5.92 Å². The molecule has 2 heteroatoms. The highest BCUT2D eigenvalue weighted by atomic mass is 32.1. The van der Waals surface area contributed by atoms with Crippen molar-refractivity contribution in [1.29, 1.82) is 0 Å². The Kier molecular flexibility index (Phi) is 4.21. The zero-order valence-corrected chi connectivity index (χ0v) is 11.2. The molecule has 1 heterocycles. The molecule has 90 valence electrons. The van der Waals surface area contributed by atoms with E-state index in [4.69, 9.17) is 0 Å². The van der Waals surface area contributed by atoms with E-state index in [2.05, 4.69) is 66.3 Å². The summed E-state index contributed by atoms with van der Waals surface area (Å²) in [5, 5.41) is 7.89. The second kappa shape index (κ2) is 5.87. The molecule has 0 radical (unpaired) electrons. The predicted octanol–water partition coefficient (Wildman–Crippen LogP) is 4.95. The standard InChI is InChI=1S/C15H19NS/c1-12(2)10-15(13-6-4-3-5-7-13)16-14-8-9-17-11-14/h3-9,11-12,15-16H,10H2,1-2H3. The van der Waals surface area contributed by atoms with Crippen LogP contribution in [0.3, 0.4) is 0 Å². The van der Waals surface area contributed by atoms with Crippen LogP contribution in [0.5, 0.6) is 0 Å². The molecule has 0 spiro atoms. The van der Waals surface area contributed by atoms with Gasteiger partial charge >= 0.3 is 0 Å². The third-order valence-electron chi connectivity index (χ3n) is 2.77. The zero-order valence-electron chi connectivity index (χ0n) is 10.4. The van der Waals surface area contributed by atoms with Crippen LogP contribution in [0.1, 0.15) is 31.9 Å². The maximum Gasteiger partial charge on any atom is 0.0516 e. The number of hydrogen-bond donors (Lipinski definition) is 1. The first-order valence-electron chi connectivity index (χ1n) is 6.09. The number of thiophene rings is 1. The van der Waals surface area contributed by atoms with Crippen LogP contribution in [-0.2, 0) is 0 Å². The molecule has 0 aliphatic heterocycles. The molecule has 1 unspecified atom stereocenters. The number of anilines is 1. The van der Waals surface area contributed by atoms with Gasteiger partial charge in [-0.2, -0.15) is 11.3 Å². The van der Waals surface area contributed by atoms with Gasteiger partial charge in [0.25, 0.3) is 0 Å². The molecule has 0 aliphatic rings. The van der Waals surface area contributed by atoms with E-state index in [0.29, 0.717) is 12.0 Å². The van der Waals surface area contributed by atoms with Gasteiger partial charge in [-0.3, -0.25) is 0 Å². The lowest BCUT2D eigenvalue weighted by Crippen LogP contribution is -2.12. The highest BCUT2D eigenvalue weighted by Gasteiger charge is 2.12. The number of nitrogens with one attached hydrogen (secondary N) is 1. The number of benzene rings is 1. The van der Waals surface area contributed by atoms with Crippen molar-refractivity contribution in [3.05, 3.63) is 52.7 Å². The molecule has 17 heavy (non-hydrogen) atoms. The van der Waals surface area contributed by atoms with Gasteiger partial charge in [0.15, 0.2) is 0 Å². The molecule has 0 amide bonds. The summed E-state index contributed by atoms with van der Waals surface area (Å²) in [6.45, 7) is 4.54. The van der Waals surface area contributed by atoms with Gasteiger partial charge in [0.05, 0.1) is 6.04 Å².